The second kappa shape index (κ2) is 9.54. The predicted octanol–water partition coefficient (Wildman–Crippen LogP) is 2.63. The number of hydrogen-bond donors (Lipinski definition) is 1. The molecule has 2 fully saturated rings. The molecule has 29 heavy (non-hydrogen) atoms. The molecule has 0 radical (unpaired) electrons. The third kappa shape index (κ3) is 6.49. The molecule has 1 unspecified atom stereocenters. The fourth-order valence-corrected chi connectivity index (χ4v) is 4.31. The van der Waals surface area contributed by atoms with Gasteiger partial charge in [0.25, 0.3) is 0 Å². The van der Waals surface area contributed by atoms with E-state index in [9.17, 15) is 4.79 Å². The molecule has 3 aliphatic heterocycles. The third-order valence-electron chi connectivity index (χ3n) is 6.14. The van der Waals surface area contributed by atoms with Gasteiger partial charge in [-0.2, -0.15) is 0 Å². The average molecular weight is 408 g/mol. The van der Waals surface area contributed by atoms with Crippen LogP contribution in [0.4, 0.5) is 4.79 Å². The lowest BCUT2D eigenvalue weighted by atomic mass is 9.96. The van der Waals surface area contributed by atoms with Gasteiger partial charge in [-0.1, -0.05) is 13.8 Å². The zero-order chi connectivity index (χ0) is 21.0. The highest BCUT2D eigenvalue weighted by atomic mass is 16.6. The molecule has 0 aromatic carbocycles. The normalized spacial score (nSPS) is 23.9. The molecule has 0 saturated carbocycles. The first kappa shape index (κ1) is 22.2. The minimum atomic E-state index is -0.447. The zero-order valence-corrected chi connectivity index (χ0v) is 19.1. The van der Waals surface area contributed by atoms with Gasteiger partial charge in [-0.25, -0.2) is 4.79 Å². The summed E-state index contributed by atoms with van der Waals surface area (Å²) in [6.45, 7) is 18.0. The number of fused-ring (bicyclic) bond motifs is 1. The van der Waals surface area contributed by atoms with Crippen LogP contribution in [0, 0.1) is 11.8 Å². The van der Waals surface area contributed by atoms with E-state index in [1.54, 1.807) is 0 Å². The van der Waals surface area contributed by atoms with Crippen LogP contribution in [-0.4, -0.2) is 90.8 Å². The highest BCUT2D eigenvalue weighted by Gasteiger charge is 2.36. The van der Waals surface area contributed by atoms with Crippen molar-refractivity contribution in [1.29, 1.82) is 0 Å². The lowest BCUT2D eigenvalue weighted by molar-refractivity contribution is 0.0137. The Hall–Kier alpha value is -1.50. The molecule has 1 atom stereocenters. The summed E-state index contributed by atoms with van der Waals surface area (Å²) in [6, 6.07) is 0.275. The van der Waals surface area contributed by atoms with E-state index in [1.165, 1.54) is 38.9 Å². The van der Waals surface area contributed by atoms with Crippen LogP contribution in [-0.2, 0) is 4.74 Å². The van der Waals surface area contributed by atoms with Crippen LogP contribution in [0.1, 0.15) is 53.9 Å². The number of aliphatic imine (C=N–C) groups is 1. The Morgan fingerprint density at radius 1 is 1.21 bits per heavy atom. The topological polar surface area (TPSA) is 60.4 Å². The van der Waals surface area contributed by atoms with E-state index in [0.717, 1.165) is 37.4 Å². The van der Waals surface area contributed by atoms with Crippen LogP contribution in [0.2, 0.25) is 0 Å². The number of nitrogens with zero attached hydrogens (tertiary/aromatic N) is 4. The lowest BCUT2D eigenvalue weighted by Gasteiger charge is -2.39. The number of carbonyl (C=O) groups excluding carboxylic acids is 1. The van der Waals surface area contributed by atoms with Crippen LogP contribution in [0.3, 0.4) is 0 Å². The molecule has 166 valence electrons. The van der Waals surface area contributed by atoms with E-state index in [4.69, 9.17) is 9.73 Å². The molecule has 0 aromatic rings. The molecule has 3 aliphatic rings. The quantitative estimate of drug-likeness (QED) is 0.759. The second-order valence-corrected chi connectivity index (χ2v) is 10.3. The second-order valence-electron chi connectivity index (χ2n) is 10.3. The van der Waals surface area contributed by atoms with E-state index in [1.807, 2.05) is 25.7 Å². The summed E-state index contributed by atoms with van der Waals surface area (Å²) in [5, 5.41) is 3.62. The molecule has 0 aromatic heterocycles. The smallest absolute Gasteiger partial charge is 0.410 e. The van der Waals surface area contributed by atoms with Gasteiger partial charge in [0.15, 0.2) is 5.96 Å². The summed E-state index contributed by atoms with van der Waals surface area (Å²) in [5.41, 5.74) is -0.447. The molecule has 0 aliphatic carbocycles. The number of piperidine rings is 1. The Morgan fingerprint density at radius 2 is 1.93 bits per heavy atom. The van der Waals surface area contributed by atoms with Crippen molar-refractivity contribution in [2.24, 2.45) is 16.8 Å². The summed E-state index contributed by atoms with van der Waals surface area (Å²) in [4.78, 5) is 23.9. The Bertz CT molecular complexity index is 578. The monoisotopic (exact) mass is 407 g/mol. The fourth-order valence-electron chi connectivity index (χ4n) is 4.31. The van der Waals surface area contributed by atoms with Crippen LogP contribution in [0.5, 0.6) is 0 Å². The Kier molecular flexibility index (Phi) is 7.30. The molecule has 0 bridgehead atoms. The van der Waals surface area contributed by atoms with Gasteiger partial charge in [-0.05, 0) is 71.5 Å². The van der Waals surface area contributed by atoms with Gasteiger partial charge >= 0.3 is 6.09 Å². The minimum absolute atomic E-state index is 0.206. The largest absolute Gasteiger partial charge is 0.444 e. The minimum Gasteiger partial charge on any atom is -0.444 e. The van der Waals surface area contributed by atoms with Gasteiger partial charge in [-0.3, -0.25) is 4.99 Å². The number of likely N-dealkylation sites (tertiary alicyclic amines) is 1. The Labute approximate surface area is 176 Å². The number of piperazine rings is 1. The van der Waals surface area contributed by atoms with Gasteiger partial charge in [0.1, 0.15) is 5.60 Å². The Balaban J connectivity index is 1.38. The number of rotatable bonds is 5. The lowest BCUT2D eigenvalue weighted by Crippen LogP contribution is -2.58. The maximum absolute atomic E-state index is 12.4. The van der Waals surface area contributed by atoms with Gasteiger partial charge in [-0.15, -0.1) is 0 Å². The van der Waals surface area contributed by atoms with Gasteiger partial charge in [0.2, 0.25) is 0 Å². The predicted molar refractivity (Wildman–Crippen MR) is 117 cm³/mol. The number of hydrogen-bond acceptors (Lipinski definition) is 6. The number of carbonyl (C=O) groups is 1. The van der Waals surface area contributed by atoms with E-state index >= 15 is 0 Å². The van der Waals surface area contributed by atoms with Crippen molar-refractivity contribution in [2.45, 2.75) is 65.5 Å². The van der Waals surface area contributed by atoms with Gasteiger partial charge < -0.3 is 24.8 Å². The van der Waals surface area contributed by atoms with Crippen molar-refractivity contribution >= 4 is 12.1 Å². The van der Waals surface area contributed by atoms with Crippen LogP contribution < -0.4 is 5.32 Å². The molecule has 3 rings (SSSR count). The number of amides is 1. The maximum Gasteiger partial charge on any atom is 0.410 e. The number of ether oxygens (including phenoxy) is 1. The summed E-state index contributed by atoms with van der Waals surface area (Å²) in [5.74, 6) is 2.55. The van der Waals surface area contributed by atoms with E-state index in [2.05, 4.69) is 29.0 Å². The number of guanidine groups is 1. The van der Waals surface area contributed by atoms with E-state index in [0.29, 0.717) is 13.1 Å². The van der Waals surface area contributed by atoms with E-state index < -0.39 is 5.60 Å². The molecule has 7 nitrogen and oxygen atoms in total. The van der Waals surface area contributed by atoms with Crippen molar-refractivity contribution in [3.8, 4) is 0 Å². The van der Waals surface area contributed by atoms with Crippen LogP contribution >= 0.6 is 0 Å². The number of nitrogens with one attached hydrogen (secondary N) is 1. The van der Waals surface area contributed by atoms with Gasteiger partial charge in [0.05, 0.1) is 12.6 Å². The summed E-state index contributed by atoms with van der Waals surface area (Å²) in [7, 11) is 0. The molecule has 0 spiro atoms. The SMILES string of the molecule is CC(C)CCN1CCC(CNC2=NCC3CN(C(=O)OC(C)(C)C)CCN23)CC1. The molecule has 1 amide bonds. The first-order chi connectivity index (χ1) is 13.7. The highest BCUT2D eigenvalue weighted by Crippen LogP contribution is 2.20. The summed E-state index contributed by atoms with van der Waals surface area (Å²) in [6.07, 6.45) is 3.64. The Morgan fingerprint density at radius 3 is 2.59 bits per heavy atom. The first-order valence-electron chi connectivity index (χ1n) is 11.5. The molecule has 7 heteroatoms. The van der Waals surface area contributed by atoms with Crippen molar-refractivity contribution in [3.05, 3.63) is 0 Å². The molecule has 1 N–H and O–H groups in total. The van der Waals surface area contributed by atoms with Crippen molar-refractivity contribution < 1.29 is 9.53 Å². The average Bonchev–Trinajstić information content (AvgIpc) is 3.06. The molecule has 2 saturated heterocycles. The van der Waals surface area contributed by atoms with Crippen LogP contribution in [0.25, 0.3) is 0 Å². The first-order valence-corrected chi connectivity index (χ1v) is 11.5. The van der Waals surface area contributed by atoms with Gasteiger partial charge in [0, 0.05) is 26.2 Å². The summed E-state index contributed by atoms with van der Waals surface area (Å²) >= 11 is 0. The van der Waals surface area contributed by atoms with Crippen molar-refractivity contribution in [1.82, 2.24) is 20.0 Å². The van der Waals surface area contributed by atoms with Crippen LogP contribution in [0.15, 0.2) is 4.99 Å². The molecular weight excluding hydrogens is 366 g/mol. The highest BCUT2D eigenvalue weighted by molar-refractivity contribution is 5.82. The third-order valence-corrected chi connectivity index (χ3v) is 6.14. The molecular formula is C22H41N5O2. The molecule has 3 heterocycles. The van der Waals surface area contributed by atoms with Crippen molar-refractivity contribution in [3.63, 3.8) is 0 Å². The summed E-state index contributed by atoms with van der Waals surface area (Å²) < 4.78 is 5.53. The maximum atomic E-state index is 12.4. The zero-order valence-electron chi connectivity index (χ0n) is 19.1. The van der Waals surface area contributed by atoms with Crippen molar-refractivity contribution in [2.75, 3.05) is 52.4 Å². The van der Waals surface area contributed by atoms with E-state index in [-0.39, 0.29) is 12.1 Å². The standard InChI is InChI=1S/C22H41N5O2/c1-17(2)6-9-25-10-7-18(8-11-25)14-23-20-24-15-19-16-26(12-13-27(19)20)21(28)29-22(3,4)5/h17-19H,6-16H2,1-5H3,(H,23,24). The fraction of sp³-hybridized carbons (Fsp3) is 0.909.